The summed E-state index contributed by atoms with van der Waals surface area (Å²) < 4.78 is 0.855. The predicted molar refractivity (Wildman–Crippen MR) is 83.0 cm³/mol. The van der Waals surface area contributed by atoms with Gasteiger partial charge in [0.05, 0.1) is 5.56 Å². The Balaban J connectivity index is 1.81. The summed E-state index contributed by atoms with van der Waals surface area (Å²) in [6, 6.07) is 5.18. The van der Waals surface area contributed by atoms with Gasteiger partial charge in [-0.1, -0.05) is 22.0 Å². The highest BCUT2D eigenvalue weighted by atomic mass is 79.9. The summed E-state index contributed by atoms with van der Waals surface area (Å²) in [5.41, 5.74) is 1.42. The molecule has 20 heavy (non-hydrogen) atoms. The lowest BCUT2D eigenvalue weighted by molar-refractivity contribution is 0.0697. The van der Waals surface area contributed by atoms with Gasteiger partial charge in [0, 0.05) is 11.0 Å². The largest absolute Gasteiger partial charge is 0.478 e. The lowest BCUT2D eigenvalue weighted by Crippen LogP contribution is -2.34. The van der Waals surface area contributed by atoms with Crippen molar-refractivity contribution in [2.75, 3.05) is 26.7 Å². The molecule has 1 aromatic rings. The summed E-state index contributed by atoms with van der Waals surface area (Å²) in [4.78, 5) is 13.2. The number of carboxylic acid groups (broad SMARTS) is 1. The van der Waals surface area contributed by atoms with Gasteiger partial charge in [0.2, 0.25) is 0 Å². The van der Waals surface area contributed by atoms with E-state index in [4.69, 9.17) is 5.11 Å². The maximum atomic E-state index is 10.9. The Morgan fingerprint density at radius 1 is 1.45 bits per heavy atom. The minimum absolute atomic E-state index is 0.316. The zero-order valence-electron chi connectivity index (χ0n) is 11.7. The van der Waals surface area contributed by atoms with Gasteiger partial charge in [0.15, 0.2) is 0 Å². The Kier molecular flexibility index (Phi) is 5.57. The summed E-state index contributed by atoms with van der Waals surface area (Å²) in [6.07, 6.45) is 2.51. The van der Waals surface area contributed by atoms with Crippen LogP contribution in [-0.4, -0.2) is 42.7 Å². The number of hydrogen-bond acceptors (Lipinski definition) is 3. The third-order valence-electron chi connectivity index (χ3n) is 3.89. The van der Waals surface area contributed by atoms with E-state index in [0.29, 0.717) is 5.56 Å². The molecule has 2 rings (SSSR count). The van der Waals surface area contributed by atoms with E-state index in [9.17, 15) is 4.79 Å². The van der Waals surface area contributed by atoms with Gasteiger partial charge in [-0.25, -0.2) is 4.79 Å². The van der Waals surface area contributed by atoms with E-state index in [0.717, 1.165) is 29.0 Å². The number of rotatable bonds is 5. The zero-order chi connectivity index (χ0) is 14.5. The smallest absolute Gasteiger partial charge is 0.335 e. The monoisotopic (exact) mass is 340 g/mol. The molecule has 1 aliphatic heterocycles. The zero-order valence-corrected chi connectivity index (χ0v) is 13.3. The summed E-state index contributed by atoms with van der Waals surface area (Å²) in [6.45, 7) is 4.17. The molecule has 4 nitrogen and oxygen atoms in total. The van der Waals surface area contributed by atoms with Crippen LogP contribution in [0.5, 0.6) is 0 Å². The second-order valence-electron chi connectivity index (χ2n) is 5.49. The lowest BCUT2D eigenvalue weighted by Gasteiger charge is -2.29. The van der Waals surface area contributed by atoms with Crippen molar-refractivity contribution in [1.82, 2.24) is 10.2 Å². The van der Waals surface area contributed by atoms with Gasteiger partial charge in [-0.05, 0) is 63.1 Å². The lowest BCUT2D eigenvalue weighted by atomic mass is 9.97. The summed E-state index contributed by atoms with van der Waals surface area (Å²) in [5, 5.41) is 12.4. The van der Waals surface area contributed by atoms with E-state index in [1.54, 1.807) is 12.1 Å². The Morgan fingerprint density at radius 3 is 2.75 bits per heavy atom. The highest BCUT2D eigenvalue weighted by molar-refractivity contribution is 9.10. The van der Waals surface area contributed by atoms with Crippen molar-refractivity contribution < 1.29 is 9.90 Å². The SMILES string of the molecule is CN1CCC(CNCc2ccc(C(=O)O)cc2Br)CC1. The molecule has 0 aromatic heterocycles. The number of aromatic carboxylic acids is 1. The molecule has 2 N–H and O–H groups in total. The first kappa shape index (κ1) is 15.5. The summed E-state index contributed by atoms with van der Waals surface area (Å²) in [5.74, 6) is -0.139. The highest BCUT2D eigenvalue weighted by Gasteiger charge is 2.16. The molecular weight excluding hydrogens is 320 g/mol. The number of halogens is 1. The molecule has 1 aromatic carbocycles. The fraction of sp³-hybridized carbons (Fsp3) is 0.533. The van der Waals surface area contributed by atoms with E-state index in [1.807, 2.05) is 6.07 Å². The first-order chi connectivity index (χ1) is 9.56. The molecule has 0 spiro atoms. The van der Waals surface area contributed by atoms with Crippen molar-refractivity contribution >= 4 is 21.9 Å². The Hall–Kier alpha value is -0.910. The van der Waals surface area contributed by atoms with E-state index in [1.165, 1.54) is 25.9 Å². The van der Waals surface area contributed by atoms with Gasteiger partial charge in [0.25, 0.3) is 0 Å². The molecule has 5 heteroatoms. The number of nitrogens with zero attached hydrogens (tertiary/aromatic N) is 1. The van der Waals surface area contributed by atoms with Gasteiger partial charge in [-0.3, -0.25) is 0 Å². The molecule has 110 valence electrons. The number of likely N-dealkylation sites (tertiary alicyclic amines) is 1. The highest BCUT2D eigenvalue weighted by Crippen LogP contribution is 2.19. The molecule has 0 radical (unpaired) electrons. The van der Waals surface area contributed by atoms with Crippen molar-refractivity contribution in [3.05, 3.63) is 33.8 Å². The molecule has 0 aliphatic carbocycles. The summed E-state index contributed by atoms with van der Waals surface area (Å²) in [7, 11) is 2.17. The minimum Gasteiger partial charge on any atom is -0.478 e. The molecule has 1 aliphatic rings. The molecule has 0 atom stereocenters. The van der Waals surface area contributed by atoms with E-state index >= 15 is 0 Å². The van der Waals surface area contributed by atoms with Crippen LogP contribution >= 0.6 is 15.9 Å². The number of benzene rings is 1. The standard InChI is InChI=1S/C15H21BrN2O2/c1-18-6-4-11(5-7-18)9-17-10-13-3-2-12(15(19)20)8-14(13)16/h2-3,8,11,17H,4-7,9-10H2,1H3,(H,19,20). The first-order valence-corrected chi connectivity index (χ1v) is 7.76. The van der Waals surface area contributed by atoms with Crippen LogP contribution in [0.4, 0.5) is 0 Å². The molecule has 1 heterocycles. The minimum atomic E-state index is -0.892. The van der Waals surface area contributed by atoms with Crippen LogP contribution in [0.2, 0.25) is 0 Å². The average molecular weight is 341 g/mol. The van der Waals surface area contributed by atoms with Crippen LogP contribution in [0, 0.1) is 5.92 Å². The van der Waals surface area contributed by atoms with Crippen LogP contribution < -0.4 is 5.32 Å². The van der Waals surface area contributed by atoms with E-state index < -0.39 is 5.97 Å². The Labute approximate surface area is 128 Å². The van der Waals surface area contributed by atoms with Crippen molar-refractivity contribution in [2.45, 2.75) is 19.4 Å². The van der Waals surface area contributed by atoms with Gasteiger partial charge in [0.1, 0.15) is 0 Å². The third-order valence-corrected chi connectivity index (χ3v) is 4.62. The van der Waals surface area contributed by atoms with Crippen LogP contribution in [-0.2, 0) is 6.54 Å². The van der Waals surface area contributed by atoms with Gasteiger partial charge < -0.3 is 15.3 Å². The average Bonchev–Trinajstić information content (AvgIpc) is 2.42. The molecule has 1 saturated heterocycles. The maximum absolute atomic E-state index is 10.9. The second-order valence-corrected chi connectivity index (χ2v) is 6.34. The first-order valence-electron chi connectivity index (χ1n) is 6.97. The molecule has 1 fully saturated rings. The topological polar surface area (TPSA) is 52.6 Å². The number of nitrogens with one attached hydrogen (secondary N) is 1. The third kappa shape index (κ3) is 4.30. The Morgan fingerprint density at radius 2 is 2.15 bits per heavy atom. The molecule has 0 bridgehead atoms. The number of carbonyl (C=O) groups is 1. The fourth-order valence-corrected chi connectivity index (χ4v) is 3.02. The van der Waals surface area contributed by atoms with Crippen molar-refractivity contribution in [1.29, 1.82) is 0 Å². The number of piperidine rings is 1. The summed E-state index contributed by atoms with van der Waals surface area (Å²) >= 11 is 3.44. The van der Waals surface area contributed by atoms with Crippen LogP contribution in [0.25, 0.3) is 0 Å². The fourth-order valence-electron chi connectivity index (χ4n) is 2.50. The van der Waals surface area contributed by atoms with E-state index in [-0.39, 0.29) is 0 Å². The molecule has 0 saturated carbocycles. The maximum Gasteiger partial charge on any atom is 0.335 e. The number of hydrogen-bond donors (Lipinski definition) is 2. The van der Waals surface area contributed by atoms with Gasteiger partial charge in [-0.2, -0.15) is 0 Å². The van der Waals surface area contributed by atoms with Crippen LogP contribution in [0.1, 0.15) is 28.8 Å². The van der Waals surface area contributed by atoms with Gasteiger partial charge >= 0.3 is 5.97 Å². The quantitative estimate of drug-likeness (QED) is 0.864. The normalized spacial score (nSPS) is 17.3. The van der Waals surface area contributed by atoms with Crippen molar-refractivity contribution in [3.63, 3.8) is 0 Å². The molecular formula is C15H21BrN2O2. The van der Waals surface area contributed by atoms with Crippen molar-refractivity contribution in [3.8, 4) is 0 Å². The van der Waals surface area contributed by atoms with E-state index in [2.05, 4.69) is 33.2 Å². The van der Waals surface area contributed by atoms with Crippen LogP contribution in [0.3, 0.4) is 0 Å². The van der Waals surface area contributed by atoms with Gasteiger partial charge in [-0.15, -0.1) is 0 Å². The Bertz CT molecular complexity index is 471. The second kappa shape index (κ2) is 7.20. The van der Waals surface area contributed by atoms with Crippen LogP contribution in [0.15, 0.2) is 22.7 Å². The molecule has 0 unspecified atom stereocenters. The number of carboxylic acids is 1. The molecule has 0 amide bonds. The van der Waals surface area contributed by atoms with Crippen molar-refractivity contribution in [2.24, 2.45) is 5.92 Å². The predicted octanol–water partition coefficient (Wildman–Crippen LogP) is 2.58.